The number of nitrogens with zero attached hydrogens (tertiary/aromatic N) is 2. The molecule has 0 aliphatic rings. The lowest BCUT2D eigenvalue weighted by Gasteiger charge is -2.02. The Morgan fingerprint density at radius 2 is 2.30 bits per heavy atom. The Labute approximate surface area is 119 Å². The van der Waals surface area contributed by atoms with Gasteiger partial charge in [0.05, 0.1) is 12.9 Å². The molecule has 2 aromatic heterocycles. The summed E-state index contributed by atoms with van der Waals surface area (Å²) in [5.74, 6) is 0.611. The molecule has 0 saturated carbocycles. The van der Waals surface area contributed by atoms with E-state index in [1.54, 1.807) is 6.92 Å². The summed E-state index contributed by atoms with van der Waals surface area (Å²) < 4.78 is 4.84. The number of carbonyl (C=O) groups excluding carboxylic acids is 1. The van der Waals surface area contributed by atoms with Gasteiger partial charge in [0.25, 0.3) is 5.56 Å². The largest absolute Gasteiger partial charge is 0.466 e. The van der Waals surface area contributed by atoms with Crippen LogP contribution in [0, 0.1) is 0 Å². The predicted molar refractivity (Wildman–Crippen MR) is 75.7 cm³/mol. The minimum Gasteiger partial charge on any atom is -0.466 e. The summed E-state index contributed by atoms with van der Waals surface area (Å²) in [6, 6.07) is 0. The van der Waals surface area contributed by atoms with E-state index in [2.05, 4.69) is 19.9 Å². The second-order valence-electron chi connectivity index (χ2n) is 4.08. The molecule has 0 fully saturated rings. The third kappa shape index (κ3) is 3.83. The molecule has 0 unspecified atom stereocenters. The first-order valence-corrected chi connectivity index (χ1v) is 7.41. The standard InChI is InChI=1S/C12H16N4O3S/c1-2-19-8(17)5-3-4-6-20-12-15-10-9(11(18)16-12)13-7-14-10/h7H,2-6H2,1H3,(H2,13,14,15,16,18). The fourth-order valence-corrected chi connectivity index (χ4v) is 2.52. The zero-order valence-electron chi connectivity index (χ0n) is 11.1. The molecule has 0 radical (unpaired) electrons. The van der Waals surface area contributed by atoms with Crippen LogP contribution in [-0.4, -0.2) is 38.3 Å². The number of hydrogen-bond acceptors (Lipinski definition) is 6. The fourth-order valence-electron chi connectivity index (χ4n) is 1.66. The highest BCUT2D eigenvalue weighted by Gasteiger charge is 2.06. The van der Waals surface area contributed by atoms with Gasteiger partial charge in [-0.05, 0) is 19.8 Å². The van der Waals surface area contributed by atoms with Crippen LogP contribution in [0.1, 0.15) is 26.2 Å². The van der Waals surface area contributed by atoms with Gasteiger partial charge in [0.1, 0.15) is 0 Å². The average Bonchev–Trinajstić information content (AvgIpc) is 2.87. The number of hydrogen-bond donors (Lipinski definition) is 2. The Hall–Kier alpha value is -1.83. The van der Waals surface area contributed by atoms with Crippen molar-refractivity contribution >= 4 is 28.9 Å². The smallest absolute Gasteiger partial charge is 0.305 e. The van der Waals surface area contributed by atoms with E-state index in [1.807, 2.05) is 0 Å². The maximum absolute atomic E-state index is 11.7. The van der Waals surface area contributed by atoms with Gasteiger partial charge in [0.15, 0.2) is 16.3 Å². The van der Waals surface area contributed by atoms with E-state index in [9.17, 15) is 9.59 Å². The lowest BCUT2D eigenvalue weighted by atomic mass is 10.2. The highest BCUT2D eigenvalue weighted by Crippen LogP contribution is 2.15. The van der Waals surface area contributed by atoms with Crippen LogP contribution < -0.4 is 5.56 Å². The molecule has 0 spiro atoms. The van der Waals surface area contributed by atoms with Crippen LogP contribution in [0.4, 0.5) is 0 Å². The summed E-state index contributed by atoms with van der Waals surface area (Å²) in [7, 11) is 0. The van der Waals surface area contributed by atoms with E-state index >= 15 is 0 Å². The molecule has 0 aliphatic carbocycles. The molecular formula is C12H16N4O3S. The second kappa shape index (κ2) is 7.09. The molecule has 0 amide bonds. The zero-order chi connectivity index (χ0) is 14.4. The van der Waals surface area contributed by atoms with Crippen LogP contribution in [0.3, 0.4) is 0 Å². The number of fused-ring (bicyclic) bond motifs is 1. The molecule has 108 valence electrons. The van der Waals surface area contributed by atoms with Crippen LogP contribution in [-0.2, 0) is 9.53 Å². The molecule has 2 rings (SSSR count). The summed E-state index contributed by atoms with van der Waals surface area (Å²) in [4.78, 5) is 36.4. The zero-order valence-corrected chi connectivity index (χ0v) is 12.0. The molecule has 2 aromatic rings. The number of rotatable bonds is 7. The third-order valence-electron chi connectivity index (χ3n) is 2.59. The van der Waals surface area contributed by atoms with Crippen molar-refractivity contribution < 1.29 is 9.53 Å². The molecule has 0 bridgehead atoms. The minimum atomic E-state index is -0.221. The Morgan fingerprint density at radius 1 is 1.45 bits per heavy atom. The lowest BCUT2D eigenvalue weighted by Crippen LogP contribution is -2.09. The van der Waals surface area contributed by atoms with Crippen molar-refractivity contribution in [2.45, 2.75) is 31.3 Å². The van der Waals surface area contributed by atoms with Crippen molar-refractivity contribution in [3.63, 3.8) is 0 Å². The summed E-state index contributed by atoms with van der Waals surface area (Å²) in [6.45, 7) is 2.21. The summed E-state index contributed by atoms with van der Waals surface area (Å²) >= 11 is 1.45. The van der Waals surface area contributed by atoms with Crippen LogP contribution in [0.5, 0.6) is 0 Å². The average molecular weight is 296 g/mol. The summed E-state index contributed by atoms with van der Waals surface area (Å²) in [5, 5.41) is 0.547. The van der Waals surface area contributed by atoms with Gasteiger partial charge in [-0.2, -0.15) is 0 Å². The van der Waals surface area contributed by atoms with Gasteiger partial charge < -0.3 is 9.72 Å². The maximum Gasteiger partial charge on any atom is 0.305 e. The normalized spacial score (nSPS) is 10.8. The van der Waals surface area contributed by atoms with Gasteiger partial charge >= 0.3 is 5.97 Å². The van der Waals surface area contributed by atoms with Gasteiger partial charge in [0.2, 0.25) is 0 Å². The maximum atomic E-state index is 11.7. The summed E-state index contributed by atoms with van der Waals surface area (Å²) in [5.41, 5.74) is 0.584. The molecule has 0 atom stereocenters. The van der Waals surface area contributed by atoms with Gasteiger partial charge in [-0.1, -0.05) is 11.8 Å². The van der Waals surface area contributed by atoms with E-state index in [0.29, 0.717) is 29.3 Å². The molecule has 7 nitrogen and oxygen atoms in total. The SMILES string of the molecule is CCOC(=O)CCCCSc1nc2nc[nH]c2c(=O)[nH]1. The first kappa shape index (κ1) is 14.6. The number of aromatic nitrogens is 4. The van der Waals surface area contributed by atoms with Gasteiger partial charge in [-0.3, -0.25) is 14.6 Å². The summed E-state index contributed by atoms with van der Waals surface area (Å²) in [6.07, 6.45) is 3.49. The number of ether oxygens (including phenoxy) is 1. The van der Waals surface area contributed by atoms with Crippen LogP contribution in [0.25, 0.3) is 11.2 Å². The van der Waals surface area contributed by atoms with Crippen molar-refractivity contribution in [2.75, 3.05) is 12.4 Å². The van der Waals surface area contributed by atoms with Crippen LogP contribution >= 0.6 is 11.8 Å². The van der Waals surface area contributed by atoms with E-state index < -0.39 is 0 Å². The van der Waals surface area contributed by atoms with Gasteiger partial charge in [-0.25, -0.2) is 9.97 Å². The van der Waals surface area contributed by atoms with E-state index in [-0.39, 0.29) is 11.5 Å². The Morgan fingerprint density at radius 3 is 3.10 bits per heavy atom. The molecule has 0 aromatic carbocycles. The quantitative estimate of drug-likeness (QED) is 0.347. The number of thioether (sulfide) groups is 1. The highest BCUT2D eigenvalue weighted by atomic mass is 32.2. The molecular weight excluding hydrogens is 280 g/mol. The number of aromatic amines is 2. The predicted octanol–water partition coefficient (Wildman–Crippen LogP) is 1.47. The van der Waals surface area contributed by atoms with Gasteiger partial charge in [0, 0.05) is 12.2 Å². The molecule has 2 heterocycles. The van der Waals surface area contributed by atoms with Crippen molar-refractivity contribution in [2.24, 2.45) is 0 Å². The topological polar surface area (TPSA) is 101 Å². The Bertz CT molecular complexity index is 637. The number of unbranched alkanes of at least 4 members (excludes halogenated alkanes) is 1. The number of carbonyl (C=O) groups is 1. The monoisotopic (exact) mass is 296 g/mol. The van der Waals surface area contributed by atoms with E-state index in [0.717, 1.165) is 18.6 Å². The minimum absolute atomic E-state index is 0.165. The highest BCUT2D eigenvalue weighted by molar-refractivity contribution is 7.99. The number of nitrogens with one attached hydrogen (secondary N) is 2. The van der Waals surface area contributed by atoms with Gasteiger partial charge in [-0.15, -0.1) is 0 Å². The number of esters is 1. The lowest BCUT2D eigenvalue weighted by molar-refractivity contribution is -0.143. The van der Waals surface area contributed by atoms with Crippen molar-refractivity contribution in [3.8, 4) is 0 Å². The second-order valence-corrected chi connectivity index (χ2v) is 5.17. The van der Waals surface area contributed by atoms with E-state index in [1.165, 1.54) is 18.1 Å². The van der Waals surface area contributed by atoms with Crippen LogP contribution in [0.2, 0.25) is 0 Å². The van der Waals surface area contributed by atoms with Crippen molar-refractivity contribution in [1.82, 2.24) is 19.9 Å². The molecule has 20 heavy (non-hydrogen) atoms. The first-order chi connectivity index (χ1) is 9.70. The molecule has 0 aliphatic heterocycles. The Balaban J connectivity index is 1.78. The number of H-pyrrole nitrogens is 2. The molecule has 2 N–H and O–H groups in total. The van der Waals surface area contributed by atoms with Crippen molar-refractivity contribution in [3.05, 3.63) is 16.7 Å². The fraction of sp³-hybridized carbons (Fsp3) is 0.500. The Kier molecular flexibility index (Phi) is 5.16. The van der Waals surface area contributed by atoms with Crippen molar-refractivity contribution in [1.29, 1.82) is 0 Å². The molecule has 0 saturated heterocycles. The first-order valence-electron chi connectivity index (χ1n) is 6.42. The molecule has 8 heteroatoms. The van der Waals surface area contributed by atoms with Crippen LogP contribution in [0.15, 0.2) is 16.3 Å². The third-order valence-corrected chi connectivity index (χ3v) is 3.55. The number of imidazole rings is 1. The van der Waals surface area contributed by atoms with E-state index in [4.69, 9.17) is 4.74 Å².